The van der Waals surface area contributed by atoms with Crippen LogP contribution in [0.5, 0.6) is 5.75 Å². The molecular weight excluding hydrogens is 524 g/mol. The summed E-state index contributed by atoms with van der Waals surface area (Å²) in [7, 11) is 1.22. The van der Waals surface area contributed by atoms with E-state index in [9.17, 15) is 18.8 Å². The van der Waals surface area contributed by atoms with Crippen molar-refractivity contribution in [2.24, 2.45) is 0 Å². The summed E-state index contributed by atoms with van der Waals surface area (Å²) in [6.07, 6.45) is 5.72. The molecule has 10 heteroatoms. The topological polar surface area (TPSA) is 83.2 Å². The van der Waals surface area contributed by atoms with Gasteiger partial charge in [-0.25, -0.2) is 18.6 Å². The highest BCUT2D eigenvalue weighted by molar-refractivity contribution is 6.29. The highest BCUT2D eigenvalue weighted by atomic mass is 35.5. The third-order valence-corrected chi connectivity index (χ3v) is 6.90. The molecule has 3 heterocycles. The van der Waals surface area contributed by atoms with E-state index in [1.807, 2.05) is 12.1 Å². The Labute approximate surface area is 228 Å². The van der Waals surface area contributed by atoms with Crippen LogP contribution in [-0.2, 0) is 19.5 Å². The van der Waals surface area contributed by atoms with Gasteiger partial charge in [0.1, 0.15) is 5.15 Å². The number of halogens is 3. The lowest BCUT2D eigenvalue weighted by atomic mass is 10.0. The van der Waals surface area contributed by atoms with Gasteiger partial charge in [-0.2, -0.15) is 5.26 Å². The third kappa shape index (κ3) is 5.48. The lowest BCUT2D eigenvalue weighted by Crippen LogP contribution is -2.34. The van der Waals surface area contributed by atoms with Crippen molar-refractivity contribution >= 4 is 34.6 Å². The lowest BCUT2D eigenvalue weighted by molar-refractivity contribution is 0.240. The number of nitrogens with zero attached hydrogens (tertiary/aromatic N) is 4. The molecule has 0 fully saturated rings. The fourth-order valence-corrected chi connectivity index (χ4v) is 5.09. The second kappa shape index (κ2) is 11.2. The largest absolute Gasteiger partial charge is 0.491 e. The fraction of sp³-hybridized carbons (Fsp3) is 0.207. The van der Waals surface area contributed by atoms with E-state index in [0.717, 1.165) is 22.2 Å². The SMILES string of the molecule is COc1c(F)cc(/C=C/CN2CCc3c(c4ccc(C#N)cc4n3C(=O)NCc3ccnc(Cl)c3)C2)cc1F. The minimum atomic E-state index is -0.755. The summed E-state index contributed by atoms with van der Waals surface area (Å²) in [4.78, 5) is 19.5. The van der Waals surface area contributed by atoms with Gasteiger partial charge in [-0.3, -0.25) is 9.47 Å². The molecule has 0 saturated carbocycles. The first kappa shape index (κ1) is 26.4. The van der Waals surface area contributed by atoms with E-state index < -0.39 is 17.4 Å². The maximum atomic E-state index is 14.0. The standard InChI is InChI=1S/C29H24ClF2N5O2/c1-39-28-23(31)11-18(12-24(28)32)3-2-9-36-10-7-25-22(17-36)21-5-4-19(15-33)13-26(21)37(25)29(38)35-16-20-6-8-34-27(30)14-20/h2-6,8,11-14H,7,9-10,16-17H2,1H3,(H,35,38)/b3-2+. The Morgan fingerprint density at radius 3 is 2.74 bits per heavy atom. The number of rotatable bonds is 6. The lowest BCUT2D eigenvalue weighted by Gasteiger charge is -2.27. The Balaban J connectivity index is 1.38. The quantitative estimate of drug-likeness (QED) is 0.314. The predicted molar refractivity (Wildman–Crippen MR) is 144 cm³/mol. The number of carbonyl (C=O) groups is 1. The highest BCUT2D eigenvalue weighted by Crippen LogP contribution is 2.32. The van der Waals surface area contributed by atoms with Crippen molar-refractivity contribution in [1.29, 1.82) is 5.26 Å². The number of pyridine rings is 1. The normalized spacial score (nSPS) is 13.4. The van der Waals surface area contributed by atoms with Gasteiger partial charge >= 0.3 is 6.03 Å². The summed E-state index contributed by atoms with van der Waals surface area (Å²) in [6, 6.07) is 13.1. The van der Waals surface area contributed by atoms with Gasteiger partial charge in [0.2, 0.25) is 0 Å². The molecule has 0 unspecified atom stereocenters. The van der Waals surface area contributed by atoms with Gasteiger partial charge in [-0.1, -0.05) is 29.8 Å². The Kier molecular flexibility index (Phi) is 7.59. The second-order valence-corrected chi connectivity index (χ2v) is 9.54. The first-order valence-corrected chi connectivity index (χ1v) is 12.6. The molecule has 39 heavy (non-hydrogen) atoms. The number of nitriles is 1. The number of fused-ring (bicyclic) bond motifs is 3. The van der Waals surface area contributed by atoms with Crippen molar-refractivity contribution in [1.82, 2.24) is 19.8 Å². The van der Waals surface area contributed by atoms with Gasteiger partial charge in [-0.15, -0.1) is 0 Å². The minimum absolute atomic E-state index is 0.275. The molecule has 0 spiro atoms. The van der Waals surface area contributed by atoms with Gasteiger partial charge in [0.05, 0.1) is 24.3 Å². The number of benzene rings is 2. The van der Waals surface area contributed by atoms with Crippen molar-refractivity contribution in [3.63, 3.8) is 0 Å². The number of hydrogen-bond donors (Lipinski definition) is 1. The van der Waals surface area contributed by atoms with Crippen LogP contribution in [0.1, 0.15) is 27.9 Å². The zero-order valence-corrected chi connectivity index (χ0v) is 21.8. The average molecular weight is 548 g/mol. The molecule has 2 aromatic heterocycles. The van der Waals surface area contributed by atoms with E-state index in [0.29, 0.717) is 47.9 Å². The van der Waals surface area contributed by atoms with Crippen molar-refractivity contribution < 1.29 is 18.3 Å². The molecule has 5 rings (SSSR count). The molecule has 7 nitrogen and oxygen atoms in total. The Hall–Kier alpha value is -4.26. The van der Waals surface area contributed by atoms with E-state index in [1.165, 1.54) is 19.2 Å². The zero-order valence-electron chi connectivity index (χ0n) is 21.0. The van der Waals surface area contributed by atoms with Gasteiger partial charge < -0.3 is 10.1 Å². The van der Waals surface area contributed by atoms with Crippen LogP contribution in [0.2, 0.25) is 5.15 Å². The predicted octanol–water partition coefficient (Wildman–Crippen LogP) is 5.68. The molecule has 4 aromatic rings. The molecule has 1 N–H and O–H groups in total. The molecule has 198 valence electrons. The Bertz CT molecular complexity index is 1620. The van der Waals surface area contributed by atoms with Gasteiger partial charge in [0, 0.05) is 49.9 Å². The third-order valence-electron chi connectivity index (χ3n) is 6.69. The number of amides is 1. The maximum Gasteiger partial charge on any atom is 0.326 e. The van der Waals surface area contributed by atoms with Crippen LogP contribution in [0.15, 0.2) is 54.7 Å². The Morgan fingerprint density at radius 1 is 1.23 bits per heavy atom. The number of methoxy groups -OCH3 is 1. The average Bonchev–Trinajstić information content (AvgIpc) is 3.24. The van der Waals surface area contributed by atoms with Crippen LogP contribution in [-0.4, -0.2) is 40.7 Å². The van der Waals surface area contributed by atoms with Gasteiger partial charge in [0.15, 0.2) is 17.4 Å². The van der Waals surface area contributed by atoms with Crippen LogP contribution in [0.25, 0.3) is 17.0 Å². The van der Waals surface area contributed by atoms with Crippen LogP contribution < -0.4 is 10.1 Å². The number of aromatic nitrogens is 2. The van der Waals surface area contributed by atoms with Crippen LogP contribution in [0.3, 0.4) is 0 Å². The first-order chi connectivity index (χ1) is 18.9. The summed E-state index contributed by atoms with van der Waals surface area (Å²) in [6.45, 7) is 2.08. The second-order valence-electron chi connectivity index (χ2n) is 9.16. The molecule has 0 aliphatic carbocycles. The van der Waals surface area contributed by atoms with E-state index in [1.54, 1.807) is 41.1 Å². The van der Waals surface area contributed by atoms with Gasteiger partial charge in [-0.05, 0) is 53.1 Å². The maximum absolute atomic E-state index is 14.0. The molecule has 0 radical (unpaired) electrons. The molecule has 0 saturated heterocycles. The smallest absolute Gasteiger partial charge is 0.326 e. The number of hydrogen-bond acceptors (Lipinski definition) is 5. The summed E-state index contributed by atoms with van der Waals surface area (Å²) in [5, 5.41) is 13.7. The molecule has 2 aromatic carbocycles. The summed E-state index contributed by atoms with van der Waals surface area (Å²) in [5.41, 5.74) is 4.26. The zero-order chi connectivity index (χ0) is 27.5. The van der Waals surface area contributed by atoms with Crippen LogP contribution in [0.4, 0.5) is 13.6 Å². The summed E-state index contributed by atoms with van der Waals surface area (Å²) < 4.78 is 34.4. The fourth-order valence-electron chi connectivity index (χ4n) is 4.89. The van der Waals surface area contributed by atoms with E-state index in [-0.39, 0.29) is 12.6 Å². The number of carbonyl (C=O) groups excluding carboxylic acids is 1. The molecule has 1 aliphatic rings. The van der Waals surface area contributed by atoms with Crippen molar-refractivity contribution in [3.05, 3.63) is 99.5 Å². The van der Waals surface area contributed by atoms with E-state index in [4.69, 9.17) is 16.3 Å². The molecule has 0 bridgehead atoms. The number of nitrogens with one attached hydrogen (secondary N) is 1. The Morgan fingerprint density at radius 2 is 2.03 bits per heavy atom. The molecular formula is C29H24ClF2N5O2. The van der Waals surface area contributed by atoms with Crippen molar-refractivity contribution in [2.75, 3.05) is 20.2 Å². The summed E-state index contributed by atoms with van der Waals surface area (Å²) >= 11 is 5.97. The molecule has 1 aliphatic heterocycles. The monoisotopic (exact) mass is 547 g/mol. The van der Waals surface area contributed by atoms with Gasteiger partial charge in [0.25, 0.3) is 0 Å². The van der Waals surface area contributed by atoms with Crippen molar-refractivity contribution in [3.8, 4) is 11.8 Å². The highest BCUT2D eigenvalue weighted by Gasteiger charge is 2.26. The van der Waals surface area contributed by atoms with Crippen molar-refractivity contribution in [2.45, 2.75) is 19.5 Å². The summed E-state index contributed by atoms with van der Waals surface area (Å²) in [5.74, 6) is -1.91. The van der Waals surface area contributed by atoms with E-state index in [2.05, 4.69) is 21.3 Å². The van der Waals surface area contributed by atoms with E-state index >= 15 is 0 Å². The minimum Gasteiger partial charge on any atom is -0.491 e. The number of ether oxygens (including phenoxy) is 1. The molecule has 0 atom stereocenters. The van der Waals surface area contributed by atoms with Crippen LogP contribution >= 0.6 is 11.6 Å². The first-order valence-electron chi connectivity index (χ1n) is 12.2. The van der Waals surface area contributed by atoms with Crippen LogP contribution in [0, 0.1) is 23.0 Å². The molecule has 1 amide bonds.